The first-order chi connectivity index (χ1) is 11.7. The van der Waals surface area contributed by atoms with E-state index in [0.717, 1.165) is 11.1 Å². The Bertz CT molecular complexity index is 835. The van der Waals surface area contributed by atoms with E-state index in [1.165, 1.54) is 0 Å². The minimum atomic E-state index is -0.552. The van der Waals surface area contributed by atoms with E-state index < -0.39 is 6.04 Å². The molecule has 24 heavy (non-hydrogen) atoms. The molecule has 7 heteroatoms. The summed E-state index contributed by atoms with van der Waals surface area (Å²) < 4.78 is 0. The van der Waals surface area contributed by atoms with Gasteiger partial charge in [-0.2, -0.15) is 5.10 Å². The predicted octanol–water partition coefficient (Wildman–Crippen LogP) is 2.59. The fourth-order valence-corrected chi connectivity index (χ4v) is 2.50. The molecule has 6 nitrogen and oxygen atoms in total. The van der Waals surface area contributed by atoms with E-state index in [1.807, 2.05) is 0 Å². The van der Waals surface area contributed by atoms with Crippen LogP contribution >= 0.6 is 11.6 Å². The number of aliphatic hydroxyl groups excluding tert-OH is 1. The van der Waals surface area contributed by atoms with Crippen LogP contribution in [-0.2, 0) is 0 Å². The van der Waals surface area contributed by atoms with Gasteiger partial charge in [-0.3, -0.25) is 14.9 Å². The Balaban J connectivity index is 1.76. The molecular weight excluding hydrogens is 328 g/mol. The van der Waals surface area contributed by atoms with Crippen molar-refractivity contribution in [1.29, 1.82) is 0 Å². The van der Waals surface area contributed by atoms with Gasteiger partial charge in [-0.1, -0.05) is 23.7 Å². The largest absolute Gasteiger partial charge is 0.394 e. The van der Waals surface area contributed by atoms with Crippen molar-refractivity contribution in [2.24, 2.45) is 0 Å². The normalized spacial score (nSPS) is 11.9. The second-order valence-corrected chi connectivity index (χ2v) is 5.60. The first-order valence-corrected chi connectivity index (χ1v) is 7.68. The minimum Gasteiger partial charge on any atom is -0.394 e. The van der Waals surface area contributed by atoms with Gasteiger partial charge in [-0.15, -0.1) is 0 Å². The summed E-state index contributed by atoms with van der Waals surface area (Å²) in [7, 11) is 0. The quantitative estimate of drug-likeness (QED) is 0.664. The second kappa shape index (κ2) is 7.25. The predicted molar refractivity (Wildman–Crippen MR) is 90.6 cm³/mol. The van der Waals surface area contributed by atoms with Gasteiger partial charge in [0.25, 0.3) is 5.91 Å². The molecule has 0 radical (unpaired) electrons. The molecule has 3 rings (SSSR count). The molecule has 0 aliphatic heterocycles. The maximum absolute atomic E-state index is 12.4. The van der Waals surface area contributed by atoms with E-state index in [1.54, 1.807) is 54.9 Å². The molecule has 3 N–H and O–H groups in total. The monoisotopic (exact) mass is 342 g/mol. The molecule has 1 amide bonds. The number of nitrogens with one attached hydrogen (secondary N) is 2. The van der Waals surface area contributed by atoms with Gasteiger partial charge in [0.2, 0.25) is 0 Å². The Kier molecular flexibility index (Phi) is 4.88. The molecule has 2 aromatic heterocycles. The van der Waals surface area contributed by atoms with Crippen molar-refractivity contribution in [3.63, 3.8) is 0 Å². The lowest BCUT2D eigenvalue weighted by Crippen LogP contribution is -2.31. The molecule has 3 aromatic rings. The van der Waals surface area contributed by atoms with Crippen LogP contribution in [0.15, 0.2) is 54.9 Å². The number of aliphatic hydroxyl groups is 1. The highest BCUT2D eigenvalue weighted by molar-refractivity contribution is 6.30. The van der Waals surface area contributed by atoms with E-state index in [-0.39, 0.29) is 12.5 Å². The average Bonchev–Trinajstić information content (AvgIpc) is 3.10. The summed E-state index contributed by atoms with van der Waals surface area (Å²) in [6.07, 6.45) is 3.31. The molecule has 1 atom stereocenters. The number of carbonyl (C=O) groups is 1. The highest BCUT2D eigenvalue weighted by atomic mass is 35.5. The third-order valence-corrected chi connectivity index (χ3v) is 3.77. The molecule has 0 unspecified atom stereocenters. The summed E-state index contributed by atoms with van der Waals surface area (Å²) in [6.45, 7) is -0.239. The molecule has 122 valence electrons. The van der Waals surface area contributed by atoms with Gasteiger partial charge in [-0.05, 0) is 35.9 Å². The number of H-pyrrole nitrogens is 1. The van der Waals surface area contributed by atoms with Crippen molar-refractivity contribution in [2.45, 2.75) is 6.04 Å². The Morgan fingerprint density at radius 3 is 2.75 bits per heavy atom. The maximum atomic E-state index is 12.4. The Hall–Kier alpha value is -2.70. The molecule has 0 aliphatic rings. The SMILES string of the molecule is O=C(N[C@H](CO)c1cccc(Cl)c1)c1cc(-c2ccncc2)n[nH]1. The van der Waals surface area contributed by atoms with E-state index in [9.17, 15) is 9.90 Å². The van der Waals surface area contributed by atoms with E-state index >= 15 is 0 Å². The molecule has 0 saturated carbocycles. The molecule has 0 fully saturated rings. The molecule has 1 aromatic carbocycles. The van der Waals surface area contributed by atoms with Crippen LogP contribution in [0, 0.1) is 0 Å². The van der Waals surface area contributed by atoms with Crippen molar-refractivity contribution in [2.75, 3.05) is 6.61 Å². The molecule has 0 saturated heterocycles. The summed E-state index contributed by atoms with van der Waals surface area (Å²) in [6, 6.07) is 11.7. The van der Waals surface area contributed by atoms with Gasteiger partial charge in [0, 0.05) is 23.0 Å². The fraction of sp³-hybridized carbons (Fsp3) is 0.118. The minimum absolute atomic E-state index is 0.239. The number of hydrogen-bond acceptors (Lipinski definition) is 4. The highest BCUT2D eigenvalue weighted by Gasteiger charge is 2.17. The highest BCUT2D eigenvalue weighted by Crippen LogP contribution is 2.19. The zero-order chi connectivity index (χ0) is 16.9. The van der Waals surface area contributed by atoms with Gasteiger partial charge >= 0.3 is 0 Å². The molecular formula is C17H15ClN4O2. The zero-order valence-corrected chi connectivity index (χ0v) is 13.4. The van der Waals surface area contributed by atoms with Gasteiger partial charge in [0.05, 0.1) is 18.3 Å². The first-order valence-electron chi connectivity index (χ1n) is 7.30. The van der Waals surface area contributed by atoms with Crippen LogP contribution in [0.25, 0.3) is 11.3 Å². The molecule has 2 heterocycles. The third kappa shape index (κ3) is 3.61. The number of carbonyl (C=O) groups excluding carboxylic acids is 1. The van der Waals surface area contributed by atoms with Gasteiger partial charge in [0.1, 0.15) is 5.69 Å². The van der Waals surface area contributed by atoms with Crippen molar-refractivity contribution < 1.29 is 9.90 Å². The van der Waals surface area contributed by atoms with Crippen LogP contribution in [0.2, 0.25) is 5.02 Å². The zero-order valence-electron chi connectivity index (χ0n) is 12.6. The lowest BCUT2D eigenvalue weighted by molar-refractivity contribution is 0.0911. The van der Waals surface area contributed by atoms with E-state index in [2.05, 4.69) is 20.5 Å². The Labute approximate surface area is 143 Å². The van der Waals surface area contributed by atoms with Crippen LogP contribution in [-0.4, -0.2) is 32.8 Å². The number of nitrogens with zero attached hydrogens (tertiary/aromatic N) is 2. The van der Waals surface area contributed by atoms with Crippen molar-refractivity contribution in [1.82, 2.24) is 20.5 Å². The summed E-state index contributed by atoms with van der Waals surface area (Å²) in [5.41, 5.74) is 2.54. The smallest absolute Gasteiger partial charge is 0.269 e. The topological polar surface area (TPSA) is 90.9 Å². The standard InChI is InChI=1S/C17H15ClN4O2/c18-13-3-1-2-12(8-13)16(10-23)20-17(24)15-9-14(21-22-15)11-4-6-19-7-5-11/h1-9,16,23H,10H2,(H,20,24)(H,21,22)/t16-/m1/s1. The average molecular weight is 343 g/mol. The van der Waals surface area contributed by atoms with Gasteiger partial charge in [-0.25, -0.2) is 0 Å². The van der Waals surface area contributed by atoms with Gasteiger partial charge < -0.3 is 10.4 Å². The fourth-order valence-electron chi connectivity index (χ4n) is 2.30. The number of hydrogen-bond donors (Lipinski definition) is 3. The van der Waals surface area contributed by atoms with E-state index in [4.69, 9.17) is 11.6 Å². The molecule has 0 aliphatic carbocycles. The number of amides is 1. The van der Waals surface area contributed by atoms with Crippen LogP contribution in [0.1, 0.15) is 22.1 Å². The Morgan fingerprint density at radius 1 is 1.25 bits per heavy atom. The van der Waals surface area contributed by atoms with Crippen molar-refractivity contribution in [3.05, 3.63) is 71.1 Å². The number of halogens is 1. The third-order valence-electron chi connectivity index (χ3n) is 3.54. The van der Waals surface area contributed by atoms with Crippen LogP contribution < -0.4 is 5.32 Å². The number of aromatic nitrogens is 3. The maximum Gasteiger partial charge on any atom is 0.269 e. The summed E-state index contributed by atoms with van der Waals surface area (Å²) >= 11 is 5.95. The Morgan fingerprint density at radius 2 is 2.04 bits per heavy atom. The second-order valence-electron chi connectivity index (χ2n) is 5.17. The number of rotatable bonds is 5. The van der Waals surface area contributed by atoms with Crippen LogP contribution in [0.5, 0.6) is 0 Å². The van der Waals surface area contributed by atoms with Gasteiger partial charge in [0.15, 0.2) is 0 Å². The van der Waals surface area contributed by atoms with Crippen molar-refractivity contribution in [3.8, 4) is 11.3 Å². The first kappa shape index (κ1) is 16.2. The molecule has 0 spiro atoms. The number of benzene rings is 1. The summed E-state index contributed by atoms with van der Waals surface area (Å²) in [5, 5.41) is 19.7. The van der Waals surface area contributed by atoms with E-state index in [0.29, 0.717) is 16.4 Å². The lowest BCUT2D eigenvalue weighted by Gasteiger charge is -2.16. The van der Waals surface area contributed by atoms with Crippen LogP contribution in [0.3, 0.4) is 0 Å². The summed E-state index contributed by atoms with van der Waals surface area (Å²) in [4.78, 5) is 16.3. The lowest BCUT2D eigenvalue weighted by atomic mass is 10.1. The summed E-state index contributed by atoms with van der Waals surface area (Å²) in [5.74, 6) is -0.359. The molecule has 0 bridgehead atoms. The number of pyridine rings is 1. The van der Waals surface area contributed by atoms with Crippen LogP contribution in [0.4, 0.5) is 0 Å². The van der Waals surface area contributed by atoms with Crippen molar-refractivity contribution >= 4 is 17.5 Å². The number of aromatic amines is 1.